The molecule has 0 aliphatic carbocycles. The molecule has 1 fully saturated rings. The Labute approximate surface area is 234 Å². The van der Waals surface area contributed by atoms with E-state index in [0.29, 0.717) is 54.6 Å². The number of hydrogen-bond acceptors (Lipinski definition) is 4. The van der Waals surface area contributed by atoms with Gasteiger partial charge in [0.2, 0.25) is 5.91 Å². The van der Waals surface area contributed by atoms with Gasteiger partial charge in [0.15, 0.2) is 0 Å². The van der Waals surface area contributed by atoms with Gasteiger partial charge in [-0.1, -0.05) is 57.2 Å². The molecule has 1 aliphatic rings. The van der Waals surface area contributed by atoms with Gasteiger partial charge in [-0.3, -0.25) is 9.59 Å². The predicted molar refractivity (Wildman–Crippen MR) is 152 cm³/mol. The molecular formula is C32H36F2N2O4. The molecule has 1 aliphatic heterocycles. The third-order valence-electron chi connectivity index (χ3n) is 6.50. The van der Waals surface area contributed by atoms with Crippen molar-refractivity contribution in [1.29, 1.82) is 0 Å². The quantitative estimate of drug-likeness (QED) is 0.317. The molecule has 3 aromatic carbocycles. The maximum Gasteiger partial charge on any atom is 0.394 e. The van der Waals surface area contributed by atoms with Crippen molar-refractivity contribution in [1.82, 2.24) is 4.90 Å². The fraction of sp³-hybridized carbons (Fsp3) is 0.375. The van der Waals surface area contributed by atoms with E-state index in [9.17, 15) is 18.4 Å². The van der Waals surface area contributed by atoms with Gasteiger partial charge in [0.05, 0.1) is 0 Å². The number of ether oxygens (including phenoxy) is 2. The molecule has 6 nitrogen and oxygen atoms in total. The summed E-state index contributed by atoms with van der Waals surface area (Å²) in [6.07, 6.45) is -1.26. The number of carbonyl (C=O) groups excluding carboxylic acids is 2. The Kier molecular flexibility index (Phi) is 8.76. The molecule has 2 amide bonds. The van der Waals surface area contributed by atoms with Crippen molar-refractivity contribution in [3.8, 4) is 22.6 Å². The third-order valence-corrected chi connectivity index (χ3v) is 6.50. The number of rotatable bonds is 8. The van der Waals surface area contributed by atoms with Crippen LogP contribution in [-0.4, -0.2) is 42.0 Å². The summed E-state index contributed by atoms with van der Waals surface area (Å²) < 4.78 is 37.1. The SMILES string of the molecule is CC(C)(C)CC(=O)N1CCC(Oc2cccc(NC(=O)c3ccccc3-c3ccc(OC(C)(F)F)cc3)c2)CC1. The van der Waals surface area contributed by atoms with Gasteiger partial charge in [-0.25, -0.2) is 0 Å². The summed E-state index contributed by atoms with van der Waals surface area (Å²) in [5.74, 6) is 0.563. The summed E-state index contributed by atoms with van der Waals surface area (Å²) in [5, 5.41) is 2.94. The lowest BCUT2D eigenvalue weighted by atomic mass is 9.91. The van der Waals surface area contributed by atoms with Gasteiger partial charge < -0.3 is 19.7 Å². The van der Waals surface area contributed by atoms with Crippen LogP contribution < -0.4 is 14.8 Å². The minimum Gasteiger partial charge on any atom is -0.490 e. The van der Waals surface area contributed by atoms with Gasteiger partial charge in [-0.15, -0.1) is 0 Å². The number of anilines is 1. The number of carbonyl (C=O) groups is 2. The Morgan fingerprint density at radius 1 is 0.900 bits per heavy atom. The van der Waals surface area contributed by atoms with Gasteiger partial charge in [-0.2, -0.15) is 8.78 Å². The van der Waals surface area contributed by atoms with Crippen LogP contribution in [0.5, 0.6) is 11.5 Å². The van der Waals surface area contributed by atoms with Crippen LogP contribution in [0.25, 0.3) is 11.1 Å². The molecule has 8 heteroatoms. The van der Waals surface area contributed by atoms with Crippen molar-refractivity contribution in [2.75, 3.05) is 18.4 Å². The monoisotopic (exact) mass is 550 g/mol. The van der Waals surface area contributed by atoms with Crippen molar-refractivity contribution in [3.05, 3.63) is 78.4 Å². The standard InChI is InChI=1S/C32H36F2N2O4/c1-31(2,3)21-29(37)36-18-16-24(17-19-36)39-26-9-7-8-23(20-26)35-30(38)28-11-6-5-10-27(28)22-12-14-25(15-13-22)40-32(4,33)34/h5-15,20,24H,16-19,21H2,1-4H3,(H,35,38). The number of alkyl halides is 2. The fourth-order valence-electron chi connectivity index (χ4n) is 4.67. The number of benzene rings is 3. The number of amides is 2. The minimum atomic E-state index is -3.28. The number of nitrogens with zero attached hydrogens (tertiary/aromatic N) is 1. The van der Waals surface area contributed by atoms with Crippen LogP contribution in [0.2, 0.25) is 0 Å². The van der Waals surface area contributed by atoms with E-state index in [1.54, 1.807) is 42.5 Å². The first-order chi connectivity index (χ1) is 18.9. The molecule has 3 aromatic rings. The number of nitrogens with one attached hydrogen (secondary N) is 1. The normalized spacial score (nSPS) is 14.5. The molecule has 1 heterocycles. The van der Waals surface area contributed by atoms with E-state index < -0.39 is 6.11 Å². The Morgan fingerprint density at radius 3 is 2.23 bits per heavy atom. The number of piperidine rings is 1. The van der Waals surface area contributed by atoms with E-state index in [2.05, 4.69) is 30.8 Å². The minimum absolute atomic E-state index is 0.00928. The van der Waals surface area contributed by atoms with E-state index in [1.807, 2.05) is 23.1 Å². The highest BCUT2D eigenvalue weighted by molar-refractivity contribution is 6.08. The number of likely N-dealkylation sites (tertiary alicyclic amines) is 1. The summed E-state index contributed by atoms with van der Waals surface area (Å²) in [4.78, 5) is 27.7. The molecular weight excluding hydrogens is 514 g/mol. The first-order valence-corrected chi connectivity index (χ1v) is 13.5. The number of hydrogen-bond donors (Lipinski definition) is 1. The molecule has 1 N–H and O–H groups in total. The highest BCUT2D eigenvalue weighted by Gasteiger charge is 2.27. The molecule has 40 heavy (non-hydrogen) atoms. The van der Waals surface area contributed by atoms with Crippen LogP contribution in [0.3, 0.4) is 0 Å². The van der Waals surface area contributed by atoms with Gasteiger partial charge in [0, 0.05) is 56.6 Å². The maximum atomic E-state index is 13.2. The van der Waals surface area contributed by atoms with Crippen LogP contribution in [0.4, 0.5) is 14.5 Å². The highest BCUT2D eigenvalue weighted by Crippen LogP contribution is 2.29. The molecule has 0 atom stereocenters. The second kappa shape index (κ2) is 12.1. The summed E-state index contributed by atoms with van der Waals surface area (Å²) >= 11 is 0. The van der Waals surface area contributed by atoms with Crippen LogP contribution in [0.15, 0.2) is 72.8 Å². The highest BCUT2D eigenvalue weighted by atomic mass is 19.3. The Morgan fingerprint density at radius 2 is 1.57 bits per heavy atom. The van der Waals surface area contributed by atoms with E-state index in [4.69, 9.17) is 4.74 Å². The molecule has 212 valence electrons. The van der Waals surface area contributed by atoms with Crippen molar-refractivity contribution in [2.45, 2.75) is 59.2 Å². The zero-order valence-corrected chi connectivity index (χ0v) is 23.4. The van der Waals surface area contributed by atoms with Crippen molar-refractivity contribution in [2.24, 2.45) is 5.41 Å². The summed E-state index contributed by atoms with van der Waals surface area (Å²) in [6.45, 7) is 8.21. The third kappa shape index (κ3) is 8.28. The molecule has 0 bridgehead atoms. The van der Waals surface area contributed by atoms with Crippen molar-refractivity contribution < 1.29 is 27.8 Å². The summed E-state index contributed by atoms with van der Waals surface area (Å²) in [5.41, 5.74) is 2.35. The molecule has 0 spiro atoms. The van der Waals surface area contributed by atoms with Crippen LogP contribution in [0, 0.1) is 5.41 Å². The lowest BCUT2D eigenvalue weighted by Crippen LogP contribution is -2.42. The van der Waals surface area contributed by atoms with E-state index in [-0.39, 0.29) is 29.1 Å². The first kappa shape index (κ1) is 29.1. The van der Waals surface area contributed by atoms with Gasteiger partial charge in [0.1, 0.15) is 17.6 Å². The summed E-state index contributed by atoms with van der Waals surface area (Å²) in [7, 11) is 0. The average Bonchev–Trinajstić information content (AvgIpc) is 2.88. The predicted octanol–water partition coefficient (Wildman–Crippen LogP) is 7.40. The molecule has 0 saturated carbocycles. The largest absolute Gasteiger partial charge is 0.490 e. The Balaban J connectivity index is 1.38. The molecule has 1 saturated heterocycles. The van der Waals surface area contributed by atoms with E-state index >= 15 is 0 Å². The van der Waals surface area contributed by atoms with Gasteiger partial charge in [-0.05, 0) is 46.9 Å². The van der Waals surface area contributed by atoms with Gasteiger partial charge in [0.25, 0.3) is 5.91 Å². The summed E-state index contributed by atoms with van der Waals surface area (Å²) in [6, 6.07) is 20.5. The fourth-order valence-corrected chi connectivity index (χ4v) is 4.67. The number of halogens is 2. The van der Waals surface area contributed by atoms with Crippen LogP contribution >= 0.6 is 0 Å². The second-order valence-corrected chi connectivity index (χ2v) is 11.4. The zero-order valence-electron chi connectivity index (χ0n) is 23.4. The molecule has 0 unspecified atom stereocenters. The average molecular weight is 551 g/mol. The lowest BCUT2D eigenvalue weighted by molar-refractivity contribution is -0.159. The smallest absolute Gasteiger partial charge is 0.394 e. The topological polar surface area (TPSA) is 67.9 Å². The molecule has 0 radical (unpaired) electrons. The van der Waals surface area contributed by atoms with E-state index in [1.165, 1.54) is 12.1 Å². The van der Waals surface area contributed by atoms with Crippen molar-refractivity contribution in [3.63, 3.8) is 0 Å². The zero-order chi connectivity index (χ0) is 28.9. The lowest BCUT2D eigenvalue weighted by Gasteiger charge is -2.33. The van der Waals surface area contributed by atoms with Crippen LogP contribution in [0.1, 0.15) is 57.3 Å². The molecule has 4 rings (SSSR count). The first-order valence-electron chi connectivity index (χ1n) is 13.5. The maximum absolute atomic E-state index is 13.2. The van der Waals surface area contributed by atoms with Crippen molar-refractivity contribution >= 4 is 17.5 Å². The van der Waals surface area contributed by atoms with Gasteiger partial charge >= 0.3 is 6.11 Å². The second-order valence-electron chi connectivity index (χ2n) is 11.4. The molecule has 0 aromatic heterocycles. The Hall–Kier alpha value is -3.94. The van der Waals surface area contributed by atoms with Crippen LogP contribution in [-0.2, 0) is 4.79 Å². The van der Waals surface area contributed by atoms with E-state index in [0.717, 1.165) is 12.8 Å². The Bertz CT molecular complexity index is 1320.